The quantitative estimate of drug-likeness (QED) is 0.679. The van der Waals surface area contributed by atoms with Gasteiger partial charge in [0.05, 0.1) is 11.3 Å². The SMILES string of the molecule is Cl.O=[N+]([O-])c1ccc(CC(O)n2ccnc2)cc1. The van der Waals surface area contributed by atoms with Gasteiger partial charge in [-0.15, -0.1) is 12.4 Å². The van der Waals surface area contributed by atoms with E-state index in [-0.39, 0.29) is 18.1 Å². The van der Waals surface area contributed by atoms with Crippen LogP contribution in [0.3, 0.4) is 0 Å². The van der Waals surface area contributed by atoms with Gasteiger partial charge < -0.3 is 9.67 Å². The first-order chi connectivity index (χ1) is 8.16. The fourth-order valence-corrected chi connectivity index (χ4v) is 1.52. The highest BCUT2D eigenvalue weighted by atomic mass is 35.5. The maximum Gasteiger partial charge on any atom is 0.269 e. The van der Waals surface area contributed by atoms with E-state index >= 15 is 0 Å². The molecule has 0 fully saturated rings. The van der Waals surface area contributed by atoms with E-state index in [1.165, 1.54) is 18.5 Å². The number of rotatable bonds is 4. The van der Waals surface area contributed by atoms with E-state index in [2.05, 4.69) is 4.98 Å². The molecule has 0 saturated carbocycles. The Labute approximate surface area is 109 Å². The van der Waals surface area contributed by atoms with E-state index in [1.807, 2.05) is 0 Å². The molecule has 1 aromatic heterocycles. The first kappa shape index (κ1) is 14.1. The summed E-state index contributed by atoms with van der Waals surface area (Å²) in [5, 5.41) is 20.3. The topological polar surface area (TPSA) is 81.2 Å². The number of halogens is 1. The molecule has 96 valence electrons. The fourth-order valence-electron chi connectivity index (χ4n) is 1.52. The molecule has 6 nitrogen and oxygen atoms in total. The van der Waals surface area contributed by atoms with Crippen molar-refractivity contribution in [3.63, 3.8) is 0 Å². The molecule has 0 aliphatic carbocycles. The van der Waals surface area contributed by atoms with Gasteiger partial charge in [0, 0.05) is 30.9 Å². The van der Waals surface area contributed by atoms with Gasteiger partial charge in [-0.3, -0.25) is 10.1 Å². The Hall–Kier alpha value is -1.92. The van der Waals surface area contributed by atoms with E-state index in [0.29, 0.717) is 6.42 Å². The molecule has 1 N–H and O–H groups in total. The fraction of sp³-hybridized carbons (Fsp3) is 0.182. The molecule has 2 rings (SSSR count). The second-order valence-electron chi connectivity index (χ2n) is 3.62. The Morgan fingerprint density at radius 1 is 1.39 bits per heavy atom. The van der Waals surface area contributed by atoms with Crippen LogP contribution >= 0.6 is 12.4 Å². The van der Waals surface area contributed by atoms with Crippen molar-refractivity contribution in [3.05, 3.63) is 58.7 Å². The first-order valence-corrected chi connectivity index (χ1v) is 5.05. The first-order valence-electron chi connectivity index (χ1n) is 5.05. The number of aliphatic hydroxyl groups excluding tert-OH is 1. The van der Waals surface area contributed by atoms with Crippen LogP contribution in [0.5, 0.6) is 0 Å². The largest absolute Gasteiger partial charge is 0.373 e. The van der Waals surface area contributed by atoms with Gasteiger partial charge in [-0.2, -0.15) is 0 Å². The Morgan fingerprint density at radius 2 is 2.06 bits per heavy atom. The third-order valence-electron chi connectivity index (χ3n) is 2.43. The highest BCUT2D eigenvalue weighted by Gasteiger charge is 2.09. The summed E-state index contributed by atoms with van der Waals surface area (Å²) in [4.78, 5) is 13.9. The summed E-state index contributed by atoms with van der Waals surface area (Å²) >= 11 is 0. The number of nitrogens with zero attached hydrogens (tertiary/aromatic N) is 3. The number of nitro benzene ring substituents is 1. The lowest BCUT2D eigenvalue weighted by Crippen LogP contribution is -2.09. The molecule has 0 radical (unpaired) electrons. The minimum Gasteiger partial charge on any atom is -0.373 e. The number of nitro groups is 1. The molecule has 7 heteroatoms. The van der Waals surface area contributed by atoms with E-state index in [4.69, 9.17) is 0 Å². The van der Waals surface area contributed by atoms with Crippen molar-refractivity contribution in [3.8, 4) is 0 Å². The van der Waals surface area contributed by atoms with E-state index in [9.17, 15) is 15.2 Å². The van der Waals surface area contributed by atoms with Crippen LogP contribution in [0.1, 0.15) is 11.8 Å². The zero-order valence-corrected chi connectivity index (χ0v) is 10.2. The third kappa shape index (κ3) is 3.28. The predicted molar refractivity (Wildman–Crippen MR) is 67.5 cm³/mol. The van der Waals surface area contributed by atoms with Crippen molar-refractivity contribution in [1.29, 1.82) is 0 Å². The van der Waals surface area contributed by atoms with Crippen LogP contribution < -0.4 is 0 Å². The molecule has 1 heterocycles. The lowest BCUT2D eigenvalue weighted by Gasteiger charge is -2.11. The number of aromatic nitrogens is 2. The van der Waals surface area contributed by atoms with E-state index in [0.717, 1.165) is 5.56 Å². The van der Waals surface area contributed by atoms with E-state index in [1.54, 1.807) is 29.1 Å². The molecule has 0 saturated heterocycles. The summed E-state index contributed by atoms with van der Waals surface area (Å²) in [7, 11) is 0. The Kier molecular flexibility index (Phi) is 4.82. The number of imidazole rings is 1. The van der Waals surface area contributed by atoms with Crippen molar-refractivity contribution >= 4 is 18.1 Å². The van der Waals surface area contributed by atoms with Crippen LogP contribution in [-0.4, -0.2) is 19.6 Å². The van der Waals surface area contributed by atoms with Gasteiger partial charge in [0.25, 0.3) is 5.69 Å². The Bertz CT molecular complexity index is 499. The summed E-state index contributed by atoms with van der Waals surface area (Å²) < 4.78 is 1.57. The van der Waals surface area contributed by atoms with Gasteiger partial charge in [-0.1, -0.05) is 12.1 Å². The molecular formula is C11H12ClN3O3. The van der Waals surface area contributed by atoms with Gasteiger partial charge in [0.15, 0.2) is 0 Å². The van der Waals surface area contributed by atoms with Gasteiger partial charge in [-0.25, -0.2) is 4.98 Å². The molecule has 1 unspecified atom stereocenters. The van der Waals surface area contributed by atoms with Crippen molar-refractivity contribution in [2.75, 3.05) is 0 Å². The molecule has 1 aromatic carbocycles. The van der Waals surface area contributed by atoms with Gasteiger partial charge in [0.1, 0.15) is 6.23 Å². The van der Waals surface area contributed by atoms with Crippen molar-refractivity contribution in [2.24, 2.45) is 0 Å². The summed E-state index contributed by atoms with van der Waals surface area (Å²) in [5.74, 6) is 0. The average molecular weight is 270 g/mol. The van der Waals surface area contributed by atoms with Gasteiger partial charge in [0.2, 0.25) is 0 Å². The molecule has 18 heavy (non-hydrogen) atoms. The second kappa shape index (κ2) is 6.13. The maximum atomic E-state index is 10.5. The predicted octanol–water partition coefficient (Wildman–Crippen LogP) is 1.95. The van der Waals surface area contributed by atoms with E-state index < -0.39 is 11.2 Å². The van der Waals surface area contributed by atoms with Crippen LogP contribution in [0.4, 0.5) is 5.69 Å². The minimum absolute atomic E-state index is 0. The number of hydrogen-bond donors (Lipinski definition) is 1. The van der Waals surface area contributed by atoms with Crippen molar-refractivity contribution in [2.45, 2.75) is 12.6 Å². The highest BCUT2D eigenvalue weighted by Crippen LogP contribution is 2.16. The summed E-state index contributed by atoms with van der Waals surface area (Å²) in [5.41, 5.74) is 0.877. The van der Waals surface area contributed by atoms with Crippen molar-refractivity contribution < 1.29 is 10.0 Å². The number of hydrogen-bond acceptors (Lipinski definition) is 4. The van der Waals surface area contributed by atoms with Gasteiger partial charge in [-0.05, 0) is 5.56 Å². The minimum atomic E-state index is -0.709. The molecule has 0 bridgehead atoms. The molecule has 0 aliphatic heterocycles. The Morgan fingerprint density at radius 3 is 2.56 bits per heavy atom. The molecule has 2 aromatic rings. The molecule has 0 amide bonds. The zero-order valence-electron chi connectivity index (χ0n) is 9.34. The van der Waals surface area contributed by atoms with Crippen LogP contribution in [0.15, 0.2) is 43.0 Å². The summed E-state index contributed by atoms with van der Waals surface area (Å²) in [6, 6.07) is 6.13. The number of benzene rings is 1. The van der Waals surface area contributed by atoms with Gasteiger partial charge >= 0.3 is 0 Å². The zero-order chi connectivity index (χ0) is 12.3. The molecule has 0 spiro atoms. The molecule has 1 atom stereocenters. The van der Waals surface area contributed by atoms with Crippen LogP contribution in [0.25, 0.3) is 0 Å². The van der Waals surface area contributed by atoms with Crippen LogP contribution in [-0.2, 0) is 6.42 Å². The summed E-state index contributed by atoms with van der Waals surface area (Å²) in [6.07, 6.45) is 4.44. The summed E-state index contributed by atoms with van der Waals surface area (Å²) in [6.45, 7) is 0. The number of non-ortho nitro benzene ring substituents is 1. The monoisotopic (exact) mass is 269 g/mol. The maximum absolute atomic E-state index is 10.5. The lowest BCUT2D eigenvalue weighted by atomic mass is 10.1. The standard InChI is InChI=1S/C11H11N3O3.ClH/c15-11(13-6-5-12-8-13)7-9-1-3-10(4-2-9)14(16)17;/h1-6,8,11,15H,7H2;1H. The normalized spacial score (nSPS) is 11.6. The molecule has 0 aliphatic rings. The van der Waals surface area contributed by atoms with Crippen LogP contribution in [0.2, 0.25) is 0 Å². The highest BCUT2D eigenvalue weighted by molar-refractivity contribution is 5.85. The lowest BCUT2D eigenvalue weighted by molar-refractivity contribution is -0.384. The Balaban J connectivity index is 0.00000162. The smallest absolute Gasteiger partial charge is 0.269 e. The molecular weight excluding hydrogens is 258 g/mol. The van der Waals surface area contributed by atoms with Crippen molar-refractivity contribution in [1.82, 2.24) is 9.55 Å². The third-order valence-corrected chi connectivity index (χ3v) is 2.43. The average Bonchev–Trinajstić information content (AvgIpc) is 2.83. The number of aliphatic hydroxyl groups is 1. The second-order valence-corrected chi connectivity index (χ2v) is 3.62. The van der Waals surface area contributed by atoms with Crippen LogP contribution in [0, 0.1) is 10.1 Å².